The molecule has 0 aliphatic rings. The number of nitrogens with one attached hydrogen (secondary N) is 1. The van der Waals surface area contributed by atoms with Crippen LogP contribution in [-0.2, 0) is 11.3 Å². The Morgan fingerprint density at radius 3 is 2.42 bits per heavy atom. The van der Waals surface area contributed by atoms with E-state index in [1.165, 1.54) is 0 Å². The molecule has 6 heteroatoms. The average Bonchev–Trinajstić information content (AvgIpc) is 2.66. The van der Waals surface area contributed by atoms with Crippen LogP contribution in [0.25, 0.3) is 0 Å². The number of nitrogens with zero attached hydrogens (tertiary/aromatic N) is 2. The van der Waals surface area contributed by atoms with Crippen molar-refractivity contribution in [1.29, 1.82) is 0 Å². The third-order valence-corrected chi connectivity index (χ3v) is 3.87. The molecule has 0 aliphatic heterocycles. The van der Waals surface area contributed by atoms with Crippen LogP contribution in [0.3, 0.4) is 0 Å². The Hall–Kier alpha value is -2.73. The van der Waals surface area contributed by atoms with E-state index in [1.807, 2.05) is 44.2 Å². The lowest BCUT2D eigenvalue weighted by molar-refractivity contribution is 0.0684. The van der Waals surface area contributed by atoms with Crippen molar-refractivity contribution >= 4 is 11.8 Å². The van der Waals surface area contributed by atoms with Gasteiger partial charge in [0.05, 0.1) is 6.61 Å². The number of hydrogen-bond acceptors (Lipinski definition) is 4. The summed E-state index contributed by atoms with van der Waals surface area (Å²) in [5.74, 6) is -0.522. The van der Waals surface area contributed by atoms with Crippen molar-refractivity contribution < 1.29 is 14.3 Å². The van der Waals surface area contributed by atoms with Gasteiger partial charge in [-0.1, -0.05) is 36.4 Å². The Morgan fingerprint density at radius 1 is 1.08 bits per heavy atom. The Labute approximate surface area is 154 Å². The van der Waals surface area contributed by atoms with Crippen LogP contribution >= 0.6 is 0 Å². The second kappa shape index (κ2) is 9.68. The summed E-state index contributed by atoms with van der Waals surface area (Å²) in [6.45, 7) is 5.22. The fourth-order valence-electron chi connectivity index (χ4n) is 2.45. The Kier molecular flexibility index (Phi) is 7.29. The monoisotopic (exact) mass is 355 g/mol. The van der Waals surface area contributed by atoms with E-state index >= 15 is 0 Å². The summed E-state index contributed by atoms with van der Waals surface area (Å²) >= 11 is 0. The van der Waals surface area contributed by atoms with Crippen LogP contribution in [0.4, 0.5) is 0 Å². The summed E-state index contributed by atoms with van der Waals surface area (Å²) in [4.78, 5) is 31.1. The van der Waals surface area contributed by atoms with Gasteiger partial charge in [-0.3, -0.25) is 9.59 Å². The van der Waals surface area contributed by atoms with Crippen LogP contribution in [0.2, 0.25) is 0 Å². The van der Waals surface area contributed by atoms with Crippen LogP contribution in [-0.4, -0.2) is 48.0 Å². The maximum absolute atomic E-state index is 12.9. The van der Waals surface area contributed by atoms with E-state index in [4.69, 9.17) is 4.74 Å². The lowest BCUT2D eigenvalue weighted by Gasteiger charge is -2.26. The highest BCUT2D eigenvalue weighted by molar-refractivity contribution is 5.96. The first-order valence-corrected chi connectivity index (χ1v) is 8.62. The van der Waals surface area contributed by atoms with E-state index < -0.39 is 0 Å². The topological polar surface area (TPSA) is 71.5 Å². The fraction of sp³-hybridized carbons (Fsp3) is 0.350. The summed E-state index contributed by atoms with van der Waals surface area (Å²) in [5.41, 5.74) is 1.52. The minimum atomic E-state index is -0.323. The molecule has 0 aliphatic carbocycles. The smallest absolute Gasteiger partial charge is 0.273 e. The zero-order valence-corrected chi connectivity index (χ0v) is 15.4. The largest absolute Gasteiger partial charge is 0.383 e. The van der Waals surface area contributed by atoms with E-state index in [2.05, 4.69) is 10.3 Å². The summed E-state index contributed by atoms with van der Waals surface area (Å²) in [5, 5.41) is 2.71. The van der Waals surface area contributed by atoms with Crippen molar-refractivity contribution in [2.75, 3.05) is 20.3 Å². The Balaban J connectivity index is 2.15. The van der Waals surface area contributed by atoms with Crippen LogP contribution in [0.1, 0.15) is 40.4 Å². The molecular formula is C20H25N3O3. The van der Waals surface area contributed by atoms with Gasteiger partial charge in [0.1, 0.15) is 11.4 Å². The molecule has 0 saturated carbocycles. The van der Waals surface area contributed by atoms with Gasteiger partial charge in [0.25, 0.3) is 11.8 Å². The molecule has 0 unspecified atom stereocenters. The molecule has 0 radical (unpaired) electrons. The predicted molar refractivity (Wildman–Crippen MR) is 99.9 cm³/mol. The lowest BCUT2D eigenvalue weighted by atomic mass is 10.1. The molecule has 1 aromatic carbocycles. The van der Waals surface area contributed by atoms with Gasteiger partial charge in [-0.25, -0.2) is 4.98 Å². The van der Waals surface area contributed by atoms with E-state index in [0.29, 0.717) is 19.7 Å². The van der Waals surface area contributed by atoms with E-state index in [9.17, 15) is 9.59 Å². The third kappa shape index (κ3) is 5.39. The number of methoxy groups -OCH3 is 1. The number of hydrogen-bond donors (Lipinski definition) is 1. The molecule has 0 saturated heterocycles. The molecule has 6 nitrogen and oxygen atoms in total. The van der Waals surface area contributed by atoms with Gasteiger partial charge in [0, 0.05) is 26.2 Å². The lowest BCUT2D eigenvalue weighted by Crippen LogP contribution is -2.37. The molecule has 0 fully saturated rings. The standard InChI is InChI=1S/C20H25N3O3/c1-15(2)23(14-16-8-5-4-6-9-16)20(25)18-11-7-10-17(22-18)19(24)21-12-13-26-3/h4-11,15H,12-14H2,1-3H3,(H,21,24). The molecule has 0 atom stereocenters. The first-order chi connectivity index (χ1) is 12.5. The predicted octanol–water partition coefficient (Wildman–Crippen LogP) is 2.51. The number of rotatable bonds is 8. The molecule has 0 spiro atoms. The maximum Gasteiger partial charge on any atom is 0.273 e. The van der Waals surface area contributed by atoms with E-state index in [0.717, 1.165) is 5.56 Å². The van der Waals surface area contributed by atoms with Crippen molar-refractivity contribution in [3.05, 3.63) is 65.5 Å². The maximum atomic E-state index is 12.9. The summed E-state index contributed by atoms with van der Waals surface area (Å²) in [7, 11) is 1.57. The molecule has 2 amide bonds. The quantitative estimate of drug-likeness (QED) is 0.739. The molecule has 0 bridgehead atoms. The normalized spacial score (nSPS) is 10.6. The zero-order chi connectivity index (χ0) is 18.9. The van der Waals surface area contributed by atoms with Gasteiger partial charge in [-0.2, -0.15) is 0 Å². The first-order valence-electron chi connectivity index (χ1n) is 8.62. The molecule has 1 aromatic heterocycles. The highest BCUT2D eigenvalue weighted by atomic mass is 16.5. The van der Waals surface area contributed by atoms with Gasteiger partial charge < -0.3 is 15.0 Å². The second-order valence-electron chi connectivity index (χ2n) is 6.17. The average molecular weight is 355 g/mol. The van der Waals surface area contributed by atoms with Crippen molar-refractivity contribution in [2.24, 2.45) is 0 Å². The first kappa shape index (κ1) is 19.6. The van der Waals surface area contributed by atoms with Gasteiger partial charge in [-0.05, 0) is 31.5 Å². The summed E-state index contributed by atoms with van der Waals surface area (Å²) in [6, 6.07) is 14.7. The SMILES string of the molecule is COCCNC(=O)c1cccc(C(=O)N(Cc2ccccc2)C(C)C)n1. The van der Waals surface area contributed by atoms with Crippen LogP contribution in [0.5, 0.6) is 0 Å². The molecule has 26 heavy (non-hydrogen) atoms. The number of amides is 2. The van der Waals surface area contributed by atoms with Crippen LogP contribution in [0, 0.1) is 0 Å². The van der Waals surface area contributed by atoms with E-state index in [-0.39, 0.29) is 29.2 Å². The number of ether oxygens (including phenoxy) is 1. The highest BCUT2D eigenvalue weighted by Crippen LogP contribution is 2.13. The number of carbonyl (C=O) groups is 2. The molecule has 1 heterocycles. The molecular weight excluding hydrogens is 330 g/mol. The van der Waals surface area contributed by atoms with Crippen molar-refractivity contribution in [3.63, 3.8) is 0 Å². The highest BCUT2D eigenvalue weighted by Gasteiger charge is 2.21. The van der Waals surface area contributed by atoms with Crippen LogP contribution < -0.4 is 5.32 Å². The Morgan fingerprint density at radius 2 is 1.77 bits per heavy atom. The minimum Gasteiger partial charge on any atom is -0.383 e. The van der Waals surface area contributed by atoms with Crippen molar-refractivity contribution in [3.8, 4) is 0 Å². The second-order valence-corrected chi connectivity index (χ2v) is 6.17. The molecule has 2 aromatic rings. The number of carbonyl (C=O) groups excluding carboxylic acids is 2. The van der Waals surface area contributed by atoms with Gasteiger partial charge in [-0.15, -0.1) is 0 Å². The van der Waals surface area contributed by atoms with E-state index in [1.54, 1.807) is 30.2 Å². The molecule has 2 rings (SSSR count). The number of benzene rings is 1. The van der Waals surface area contributed by atoms with Gasteiger partial charge >= 0.3 is 0 Å². The molecule has 138 valence electrons. The number of pyridine rings is 1. The summed E-state index contributed by atoms with van der Waals surface area (Å²) in [6.07, 6.45) is 0. The van der Waals surface area contributed by atoms with Crippen molar-refractivity contribution in [2.45, 2.75) is 26.4 Å². The minimum absolute atomic E-state index is 0.00342. The number of aromatic nitrogens is 1. The Bertz CT molecular complexity index is 732. The third-order valence-electron chi connectivity index (χ3n) is 3.87. The van der Waals surface area contributed by atoms with Gasteiger partial charge in [0.2, 0.25) is 0 Å². The molecule has 1 N–H and O–H groups in total. The van der Waals surface area contributed by atoms with Crippen LogP contribution in [0.15, 0.2) is 48.5 Å². The van der Waals surface area contributed by atoms with Gasteiger partial charge in [0.15, 0.2) is 0 Å². The summed E-state index contributed by atoms with van der Waals surface area (Å²) < 4.78 is 4.91. The van der Waals surface area contributed by atoms with Crippen molar-refractivity contribution in [1.82, 2.24) is 15.2 Å². The fourth-order valence-corrected chi connectivity index (χ4v) is 2.45. The zero-order valence-electron chi connectivity index (χ0n) is 15.4.